The van der Waals surface area contributed by atoms with E-state index < -0.39 is 11.5 Å². The number of aromatic nitrogens is 2. The van der Waals surface area contributed by atoms with Crippen molar-refractivity contribution in [2.24, 2.45) is 0 Å². The zero-order valence-electron chi connectivity index (χ0n) is 22.9. The molecule has 0 aliphatic carbocycles. The van der Waals surface area contributed by atoms with Gasteiger partial charge >= 0.3 is 0 Å². The molecule has 1 atom stereocenters. The summed E-state index contributed by atoms with van der Waals surface area (Å²) in [5, 5.41) is 18.7. The van der Waals surface area contributed by atoms with Crippen molar-refractivity contribution in [3.8, 4) is 11.5 Å². The molecule has 3 aromatic carbocycles. The fraction of sp³-hybridized carbons (Fsp3) is 0.303. The molecule has 39 heavy (non-hydrogen) atoms. The first-order chi connectivity index (χ1) is 19.1. The second kappa shape index (κ2) is 15.5. The highest BCUT2D eigenvalue weighted by atomic mass is 16.5. The summed E-state index contributed by atoms with van der Waals surface area (Å²) in [7, 11) is 3.36. The summed E-state index contributed by atoms with van der Waals surface area (Å²) in [6.07, 6.45) is 9.57. The van der Waals surface area contributed by atoms with E-state index in [1.807, 2.05) is 35.0 Å². The molecule has 1 unspecified atom stereocenters. The number of hydrogen-bond donors (Lipinski definition) is 2. The van der Waals surface area contributed by atoms with Crippen molar-refractivity contribution >= 4 is 0 Å². The van der Waals surface area contributed by atoms with Crippen molar-refractivity contribution in [1.29, 1.82) is 0 Å². The van der Waals surface area contributed by atoms with E-state index in [9.17, 15) is 5.11 Å². The van der Waals surface area contributed by atoms with Crippen LogP contribution in [0.3, 0.4) is 0 Å². The van der Waals surface area contributed by atoms with Crippen molar-refractivity contribution in [2.45, 2.75) is 43.7 Å². The van der Waals surface area contributed by atoms with Crippen molar-refractivity contribution in [1.82, 2.24) is 9.55 Å². The smallest absolute Gasteiger partial charge is 0.165 e. The zero-order chi connectivity index (χ0) is 27.9. The maximum absolute atomic E-state index is 10.7. The van der Waals surface area contributed by atoms with Gasteiger partial charge in [0.15, 0.2) is 11.5 Å². The van der Waals surface area contributed by atoms with Crippen LogP contribution in [0.15, 0.2) is 110 Å². The number of para-hydroxylation sites is 1. The number of hydrogen-bond acceptors (Lipinski definition) is 5. The molecule has 0 amide bonds. The van der Waals surface area contributed by atoms with Gasteiger partial charge in [-0.1, -0.05) is 78.9 Å². The number of aliphatic hydroxyl groups excluding tert-OH is 2. The lowest BCUT2D eigenvalue weighted by molar-refractivity contribution is 0.139. The number of nitrogens with zero attached hydrogens (tertiary/aromatic N) is 2. The fourth-order valence-corrected chi connectivity index (χ4v) is 4.99. The number of rotatable bonds is 13. The van der Waals surface area contributed by atoms with Gasteiger partial charge in [0.2, 0.25) is 0 Å². The molecule has 0 bridgehead atoms. The first-order valence-electron chi connectivity index (χ1n) is 13.3. The third-order valence-electron chi connectivity index (χ3n) is 6.80. The molecule has 0 aliphatic heterocycles. The predicted molar refractivity (Wildman–Crippen MR) is 156 cm³/mol. The second-order valence-electron chi connectivity index (χ2n) is 9.28. The van der Waals surface area contributed by atoms with Crippen molar-refractivity contribution in [2.75, 3.05) is 20.8 Å². The Kier molecular flexibility index (Phi) is 11.8. The van der Waals surface area contributed by atoms with Gasteiger partial charge in [-0.2, -0.15) is 0 Å². The van der Waals surface area contributed by atoms with Crippen LogP contribution < -0.4 is 9.47 Å². The Morgan fingerprint density at radius 2 is 1.62 bits per heavy atom. The molecule has 1 heterocycles. The van der Waals surface area contributed by atoms with Crippen LogP contribution in [0, 0.1) is 0 Å². The van der Waals surface area contributed by atoms with Crippen LogP contribution >= 0.6 is 0 Å². The van der Waals surface area contributed by atoms with Gasteiger partial charge in [0, 0.05) is 36.5 Å². The van der Waals surface area contributed by atoms with Gasteiger partial charge < -0.3 is 24.3 Å². The molecule has 6 nitrogen and oxygen atoms in total. The van der Waals surface area contributed by atoms with E-state index in [4.69, 9.17) is 14.6 Å². The monoisotopic (exact) mass is 528 g/mol. The highest BCUT2D eigenvalue weighted by Crippen LogP contribution is 2.49. The van der Waals surface area contributed by atoms with E-state index in [0.717, 1.165) is 24.2 Å². The molecule has 2 N–H and O–H groups in total. The summed E-state index contributed by atoms with van der Waals surface area (Å²) in [5.74, 6) is 1.44. The molecule has 4 rings (SSSR count). The zero-order valence-corrected chi connectivity index (χ0v) is 22.9. The lowest BCUT2D eigenvalue weighted by Crippen LogP contribution is -2.31. The molecule has 0 fully saturated rings. The molecular formula is C33H40N2O4. The Hall–Kier alpha value is -3.87. The van der Waals surface area contributed by atoms with Gasteiger partial charge in [0.1, 0.15) is 0 Å². The molecule has 6 heteroatoms. The largest absolute Gasteiger partial charge is 0.493 e. The lowest BCUT2D eigenvalue weighted by Gasteiger charge is -2.37. The van der Waals surface area contributed by atoms with Crippen LogP contribution in [0.2, 0.25) is 0 Å². The van der Waals surface area contributed by atoms with Crippen LogP contribution in [0.25, 0.3) is 0 Å². The van der Waals surface area contributed by atoms with E-state index in [1.165, 1.54) is 11.1 Å². The lowest BCUT2D eigenvalue weighted by atomic mass is 9.66. The minimum Gasteiger partial charge on any atom is -0.493 e. The number of benzene rings is 3. The Bertz CT molecular complexity index is 1190. The van der Waals surface area contributed by atoms with E-state index in [-0.39, 0.29) is 6.61 Å². The number of ether oxygens (including phenoxy) is 2. The molecule has 206 valence electrons. The van der Waals surface area contributed by atoms with Crippen LogP contribution in [-0.2, 0) is 12.0 Å². The van der Waals surface area contributed by atoms with Gasteiger partial charge in [-0.15, -0.1) is 6.58 Å². The maximum atomic E-state index is 10.7. The van der Waals surface area contributed by atoms with Crippen LogP contribution in [0.1, 0.15) is 42.4 Å². The normalized spacial score (nSPS) is 11.7. The Morgan fingerprint density at radius 1 is 0.949 bits per heavy atom. The molecule has 0 saturated heterocycles. The standard InChI is InChI=1S/C29H32N2O3.C4H8O/c1-33-27-17-9-16-26(28(27)34-2)29(23-11-5-3-6-12-23,24-13-7-4-8-14-24)18-10-15-25(32)21-31-20-19-30-22-31;1-2-3-4-5/h3-9,11-14,16-17,19-20,22,25,32H,10,15,18,21H2,1-2H3;2,5H,1,3-4H2. The highest BCUT2D eigenvalue weighted by molar-refractivity contribution is 5.59. The minimum absolute atomic E-state index is 0.226. The Labute approximate surface area is 232 Å². The highest BCUT2D eigenvalue weighted by Gasteiger charge is 2.39. The molecule has 4 aromatic rings. The summed E-state index contributed by atoms with van der Waals surface area (Å²) in [4.78, 5) is 4.08. The van der Waals surface area contributed by atoms with Crippen LogP contribution in [0.5, 0.6) is 11.5 Å². The molecule has 1 aromatic heterocycles. The van der Waals surface area contributed by atoms with Gasteiger partial charge in [0.25, 0.3) is 0 Å². The second-order valence-corrected chi connectivity index (χ2v) is 9.28. The fourth-order valence-electron chi connectivity index (χ4n) is 4.99. The summed E-state index contributed by atoms with van der Waals surface area (Å²) in [5.41, 5.74) is 2.93. The first kappa shape index (κ1) is 29.7. The number of methoxy groups -OCH3 is 2. The van der Waals surface area contributed by atoms with Crippen LogP contribution in [-0.4, -0.2) is 46.7 Å². The predicted octanol–water partition coefficient (Wildman–Crippen LogP) is 6.02. The molecule has 0 spiro atoms. The van der Waals surface area contributed by atoms with E-state index in [2.05, 4.69) is 66.2 Å². The molecule has 0 saturated carbocycles. The van der Waals surface area contributed by atoms with Gasteiger partial charge in [0.05, 0.1) is 26.7 Å². The summed E-state index contributed by atoms with van der Waals surface area (Å²) in [6.45, 7) is 4.15. The summed E-state index contributed by atoms with van der Waals surface area (Å²) in [6, 6.07) is 27.2. The topological polar surface area (TPSA) is 76.7 Å². The van der Waals surface area contributed by atoms with Gasteiger partial charge in [-0.05, 0) is 42.9 Å². The average molecular weight is 529 g/mol. The third kappa shape index (κ3) is 7.59. The number of aliphatic hydroxyl groups is 2. The number of imidazole rings is 1. The SMILES string of the molecule is C=CCCO.COc1cccc(C(CCCC(O)Cn2ccnc2)(c2ccccc2)c2ccccc2)c1OC. The van der Waals surface area contributed by atoms with Crippen molar-refractivity contribution in [3.63, 3.8) is 0 Å². The summed E-state index contributed by atoms with van der Waals surface area (Å²) >= 11 is 0. The summed E-state index contributed by atoms with van der Waals surface area (Å²) < 4.78 is 13.5. The third-order valence-corrected chi connectivity index (χ3v) is 6.80. The molecular weight excluding hydrogens is 488 g/mol. The van der Waals surface area contributed by atoms with E-state index in [0.29, 0.717) is 25.1 Å². The maximum Gasteiger partial charge on any atom is 0.165 e. The minimum atomic E-state index is -0.475. The van der Waals surface area contributed by atoms with E-state index in [1.54, 1.807) is 32.8 Å². The van der Waals surface area contributed by atoms with Crippen LogP contribution in [0.4, 0.5) is 0 Å². The molecule has 0 radical (unpaired) electrons. The first-order valence-corrected chi connectivity index (χ1v) is 13.3. The quantitative estimate of drug-likeness (QED) is 0.164. The Balaban J connectivity index is 0.000000771. The van der Waals surface area contributed by atoms with Gasteiger partial charge in [-0.25, -0.2) is 4.98 Å². The molecule has 0 aliphatic rings. The van der Waals surface area contributed by atoms with Gasteiger partial charge in [-0.3, -0.25) is 0 Å². The van der Waals surface area contributed by atoms with Crippen molar-refractivity contribution in [3.05, 3.63) is 127 Å². The Morgan fingerprint density at radius 3 is 2.10 bits per heavy atom. The van der Waals surface area contributed by atoms with E-state index >= 15 is 0 Å². The average Bonchev–Trinajstić information content (AvgIpc) is 3.49. The van der Waals surface area contributed by atoms with Crippen molar-refractivity contribution < 1.29 is 19.7 Å².